The van der Waals surface area contributed by atoms with E-state index in [2.05, 4.69) is 15.0 Å². The van der Waals surface area contributed by atoms with Crippen molar-refractivity contribution in [3.63, 3.8) is 0 Å². The molecule has 16 heavy (non-hydrogen) atoms. The summed E-state index contributed by atoms with van der Waals surface area (Å²) in [6.07, 6.45) is 3.04. The number of pyridine rings is 1. The lowest BCUT2D eigenvalue weighted by molar-refractivity contribution is 0.0521. The number of aromatic nitrogens is 3. The fourth-order valence-corrected chi connectivity index (χ4v) is 1.28. The number of nitrogen functional groups attached to an aromatic ring is 1. The highest BCUT2D eigenvalue weighted by Gasteiger charge is 2.14. The first-order valence-electron chi connectivity index (χ1n) is 4.76. The Morgan fingerprint density at radius 3 is 2.94 bits per heavy atom. The van der Waals surface area contributed by atoms with Crippen molar-refractivity contribution in [1.82, 2.24) is 15.0 Å². The van der Waals surface area contributed by atoms with E-state index in [0.29, 0.717) is 11.2 Å². The summed E-state index contributed by atoms with van der Waals surface area (Å²) in [6, 6.07) is 1.56. The largest absolute Gasteiger partial charge is 0.461 e. The van der Waals surface area contributed by atoms with Gasteiger partial charge in [0.05, 0.1) is 12.3 Å². The van der Waals surface area contributed by atoms with E-state index in [1.54, 1.807) is 13.0 Å². The first kappa shape index (κ1) is 10.3. The number of ether oxygens (including phenoxy) is 1. The molecule has 0 aromatic carbocycles. The molecule has 82 valence electrons. The normalized spacial score (nSPS) is 10.3. The fraction of sp³-hybridized carbons (Fsp3) is 0.200. The van der Waals surface area contributed by atoms with Crippen LogP contribution >= 0.6 is 0 Å². The number of nitrogens with two attached hydrogens (primary N) is 1. The highest BCUT2D eigenvalue weighted by Crippen LogP contribution is 2.15. The number of rotatable bonds is 2. The number of fused-ring (bicyclic) bond motifs is 1. The first-order chi connectivity index (χ1) is 7.72. The van der Waals surface area contributed by atoms with Crippen LogP contribution in [0.15, 0.2) is 18.5 Å². The van der Waals surface area contributed by atoms with Crippen molar-refractivity contribution in [2.24, 2.45) is 0 Å². The SMILES string of the molecule is CCOC(=O)c1nc2nccnc2cc1N. The minimum Gasteiger partial charge on any atom is -0.461 e. The Hall–Kier alpha value is -2.24. The highest BCUT2D eigenvalue weighted by atomic mass is 16.5. The maximum Gasteiger partial charge on any atom is 0.359 e. The van der Waals surface area contributed by atoms with Crippen LogP contribution in [0, 0.1) is 0 Å². The van der Waals surface area contributed by atoms with Crippen molar-refractivity contribution in [1.29, 1.82) is 0 Å². The van der Waals surface area contributed by atoms with Crippen LogP contribution in [0.3, 0.4) is 0 Å². The zero-order chi connectivity index (χ0) is 11.5. The van der Waals surface area contributed by atoms with E-state index in [1.807, 2.05) is 0 Å². The third-order valence-electron chi connectivity index (χ3n) is 1.96. The second-order valence-corrected chi connectivity index (χ2v) is 3.05. The van der Waals surface area contributed by atoms with Crippen LogP contribution in [0.5, 0.6) is 0 Å². The molecule has 0 aliphatic heterocycles. The lowest BCUT2D eigenvalue weighted by Gasteiger charge is -2.04. The van der Waals surface area contributed by atoms with Crippen molar-refractivity contribution in [2.45, 2.75) is 6.92 Å². The third kappa shape index (κ3) is 1.77. The molecule has 0 saturated heterocycles. The minimum atomic E-state index is -0.549. The van der Waals surface area contributed by atoms with Crippen LogP contribution < -0.4 is 5.73 Å². The van der Waals surface area contributed by atoms with Crippen LogP contribution in [0.25, 0.3) is 11.2 Å². The van der Waals surface area contributed by atoms with Gasteiger partial charge >= 0.3 is 5.97 Å². The maximum absolute atomic E-state index is 11.5. The van der Waals surface area contributed by atoms with E-state index in [1.165, 1.54) is 12.4 Å². The third-order valence-corrected chi connectivity index (χ3v) is 1.96. The average molecular weight is 218 g/mol. The lowest BCUT2D eigenvalue weighted by Crippen LogP contribution is -2.11. The number of esters is 1. The Kier molecular flexibility index (Phi) is 2.63. The Bertz CT molecular complexity index is 541. The van der Waals surface area contributed by atoms with Gasteiger partial charge < -0.3 is 10.5 Å². The van der Waals surface area contributed by atoms with Gasteiger partial charge in [-0.1, -0.05) is 0 Å². The minimum absolute atomic E-state index is 0.0786. The number of nitrogens with zero attached hydrogens (tertiary/aromatic N) is 3. The number of hydrogen-bond donors (Lipinski definition) is 1. The Morgan fingerprint density at radius 2 is 2.19 bits per heavy atom. The molecule has 0 spiro atoms. The summed E-state index contributed by atoms with van der Waals surface area (Å²) >= 11 is 0. The van der Waals surface area contributed by atoms with Crippen molar-refractivity contribution in [2.75, 3.05) is 12.3 Å². The molecule has 2 N–H and O–H groups in total. The fourth-order valence-electron chi connectivity index (χ4n) is 1.28. The predicted molar refractivity (Wildman–Crippen MR) is 57.7 cm³/mol. The van der Waals surface area contributed by atoms with E-state index >= 15 is 0 Å². The molecule has 0 bridgehead atoms. The van der Waals surface area contributed by atoms with Gasteiger partial charge in [0.15, 0.2) is 11.3 Å². The van der Waals surface area contributed by atoms with Crippen molar-refractivity contribution < 1.29 is 9.53 Å². The quantitative estimate of drug-likeness (QED) is 0.749. The molecule has 0 saturated carbocycles. The molecule has 0 aliphatic rings. The van der Waals surface area contributed by atoms with E-state index in [-0.39, 0.29) is 18.0 Å². The standard InChI is InChI=1S/C10H10N4O2/c1-2-16-10(15)8-6(11)5-7-9(14-8)13-4-3-12-7/h3-5H,2,11H2,1H3. The van der Waals surface area contributed by atoms with Gasteiger partial charge in [-0.25, -0.2) is 14.8 Å². The number of anilines is 1. The monoisotopic (exact) mass is 218 g/mol. The molecule has 0 unspecified atom stereocenters. The van der Waals surface area contributed by atoms with Gasteiger partial charge in [0.1, 0.15) is 5.52 Å². The Morgan fingerprint density at radius 1 is 1.44 bits per heavy atom. The maximum atomic E-state index is 11.5. The smallest absolute Gasteiger partial charge is 0.359 e. The summed E-state index contributed by atoms with van der Waals surface area (Å²) in [6.45, 7) is 1.99. The van der Waals surface area contributed by atoms with Gasteiger partial charge in [0.25, 0.3) is 0 Å². The summed E-state index contributed by atoms with van der Waals surface area (Å²) in [5.74, 6) is -0.549. The molecular formula is C10H10N4O2. The second-order valence-electron chi connectivity index (χ2n) is 3.05. The summed E-state index contributed by atoms with van der Waals surface area (Å²) < 4.78 is 4.83. The lowest BCUT2D eigenvalue weighted by atomic mass is 10.3. The number of carbonyl (C=O) groups is 1. The molecule has 0 atom stereocenters. The molecule has 0 amide bonds. The summed E-state index contributed by atoms with van der Waals surface area (Å²) in [5.41, 5.74) is 6.93. The molecule has 6 heteroatoms. The molecule has 0 radical (unpaired) electrons. The van der Waals surface area contributed by atoms with Gasteiger partial charge in [-0.15, -0.1) is 0 Å². The van der Waals surface area contributed by atoms with E-state index < -0.39 is 5.97 Å². The second kappa shape index (κ2) is 4.09. The molecule has 0 aliphatic carbocycles. The zero-order valence-corrected chi connectivity index (χ0v) is 8.67. The van der Waals surface area contributed by atoms with Crippen LogP contribution in [-0.2, 0) is 4.74 Å². The molecular weight excluding hydrogens is 208 g/mol. The number of carbonyl (C=O) groups excluding carboxylic acids is 1. The van der Waals surface area contributed by atoms with Crippen LogP contribution in [0.4, 0.5) is 5.69 Å². The molecule has 2 aromatic rings. The van der Waals surface area contributed by atoms with Crippen LogP contribution in [0.2, 0.25) is 0 Å². The van der Waals surface area contributed by atoms with Crippen molar-refractivity contribution in [3.05, 3.63) is 24.2 Å². The van der Waals surface area contributed by atoms with Crippen LogP contribution in [-0.4, -0.2) is 27.5 Å². The van der Waals surface area contributed by atoms with Gasteiger partial charge in [-0.05, 0) is 13.0 Å². The number of hydrogen-bond acceptors (Lipinski definition) is 6. The van der Waals surface area contributed by atoms with Crippen LogP contribution in [0.1, 0.15) is 17.4 Å². The molecule has 6 nitrogen and oxygen atoms in total. The van der Waals surface area contributed by atoms with Gasteiger partial charge in [0.2, 0.25) is 0 Å². The summed E-state index contributed by atoms with van der Waals surface area (Å²) in [7, 11) is 0. The summed E-state index contributed by atoms with van der Waals surface area (Å²) in [4.78, 5) is 23.5. The van der Waals surface area contributed by atoms with E-state index in [4.69, 9.17) is 10.5 Å². The average Bonchev–Trinajstić information content (AvgIpc) is 2.28. The van der Waals surface area contributed by atoms with E-state index in [0.717, 1.165) is 0 Å². The first-order valence-corrected chi connectivity index (χ1v) is 4.76. The van der Waals surface area contributed by atoms with Crippen molar-refractivity contribution in [3.8, 4) is 0 Å². The van der Waals surface area contributed by atoms with E-state index in [9.17, 15) is 4.79 Å². The topological polar surface area (TPSA) is 91.0 Å². The highest BCUT2D eigenvalue weighted by molar-refractivity contribution is 5.95. The van der Waals surface area contributed by atoms with Gasteiger partial charge in [-0.2, -0.15) is 0 Å². The Balaban J connectivity index is 2.54. The Labute approximate surface area is 91.5 Å². The molecule has 2 aromatic heterocycles. The van der Waals surface area contributed by atoms with Gasteiger partial charge in [-0.3, -0.25) is 4.98 Å². The van der Waals surface area contributed by atoms with Crippen molar-refractivity contribution >= 4 is 22.8 Å². The summed E-state index contributed by atoms with van der Waals surface area (Å²) in [5, 5.41) is 0. The predicted octanol–water partition coefficient (Wildman–Crippen LogP) is 0.784. The van der Waals surface area contributed by atoms with Gasteiger partial charge in [0, 0.05) is 12.4 Å². The molecule has 2 rings (SSSR count). The molecule has 2 heterocycles. The molecule has 0 fully saturated rings. The zero-order valence-electron chi connectivity index (χ0n) is 8.67.